The van der Waals surface area contributed by atoms with Gasteiger partial charge in [-0.3, -0.25) is 14.4 Å². The Morgan fingerprint density at radius 3 is 2.46 bits per heavy atom. The standard InChI is InChI=1S/C19H27N3O4/c1-12(2)10-16(23)22-17(13-6-4-3-5-7-13)19(25)21-11-14-8-9-15(26-14)18(20)24/h3-7,12,14-15,17H,8-11H2,1-2H3,(H2,20,24)(H,21,25)(H,22,23). The summed E-state index contributed by atoms with van der Waals surface area (Å²) < 4.78 is 5.52. The van der Waals surface area contributed by atoms with Crippen molar-refractivity contribution in [3.05, 3.63) is 35.9 Å². The van der Waals surface area contributed by atoms with Gasteiger partial charge < -0.3 is 21.1 Å². The number of nitrogens with two attached hydrogens (primary N) is 1. The first-order valence-electron chi connectivity index (χ1n) is 8.93. The van der Waals surface area contributed by atoms with Gasteiger partial charge in [-0.2, -0.15) is 0 Å². The summed E-state index contributed by atoms with van der Waals surface area (Å²) in [5.74, 6) is -0.761. The van der Waals surface area contributed by atoms with Crippen molar-refractivity contribution in [3.63, 3.8) is 0 Å². The van der Waals surface area contributed by atoms with Crippen molar-refractivity contribution >= 4 is 17.7 Å². The summed E-state index contributed by atoms with van der Waals surface area (Å²) in [5, 5.41) is 5.61. The van der Waals surface area contributed by atoms with Crippen LogP contribution in [0.25, 0.3) is 0 Å². The zero-order chi connectivity index (χ0) is 19.1. The summed E-state index contributed by atoms with van der Waals surface area (Å²) in [4.78, 5) is 36.0. The molecule has 3 unspecified atom stereocenters. The molecule has 0 aromatic heterocycles. The van der Waals surface area contributed by atoms with E-state index in [-0.39, 0.29) is 30.4 Å². The molecular formula is C19H27N3O4. The van der Waals surface area contributed by atoms with Crippen LogP contribution in [0.3, 0.4) is 0 Å². The molecular weight excluding hydrogens is 334 g/mol. The minimum atomic E-state index is -0.768. The Morgan fingerprint density at radius 2 is 1.88 bits per heavy atom. The van der Waals surface area contributed by atoms with Crippen molar-refractivity contribution in [2.45, 2.75) is 51.4 Å². The Labute approximate surface area is 153 Å². The van der Waals surface area contributed by atoms with Crippen LogP contribution in [0, 0.1) is 5.92 Å². The van der Waals surface area contributed by atoms with Crippen molar-refractivity contribution in [1.29, 1.82) is 0 Å². The predicted molar refractivity (Wildman–Crippen MR) is 96.9 cm³/mol. The Hall–Kier alpha value is -2.41. The molecule has 7 nitrogen and oxygen atoms in total. The number of carbonyl (C=O) groups is 3. The third-order valence-electron chi connectivity index (χ3n) is 4.22. The molecule has 4 N–H and O–H groups in total. The molecule has 0 radical (unpaired) electrons. The molecule has 0 saturated carbocycles. The van der Waals surface area contributed by atoms with Crippen LogP contribution in [0.4, 0.5) is 0 Å². The summed E-state index contributed by atoms with van der Waals surface area (Å²) >= 11 is 0. The number of carbonyl (C=O) groups excluding carboxylic acids is 3. The van der Waals surface area contributed by atoms with Crippen LogP contribution < -0.4 is 16.4 Å². The zero-order valence-electron chi connectivity index (χ0n) is 15.2. The van der Waals surface area contributed by atoms with E-state index in [0.29, 0.717) is 24.8 Å². The SMILES string of the molecule is CC(C)CC(=O)NC(C(=O)NCC1CCC(C(N)=O)O1)c1ccccc1. The summed E-state index contributed by atoms with van der Waals surface area (Å²) in [6.45, 7) is 4.17. The van der Waals surface area contributed by atoms with Gasteiger partial charge in [0.15, 0.2) is 0 Å². The lowest BCUT2D eigenvalue weighted by Crippen LogP contribution is -2.43. The molecule has 142 valence electrons. The molecule has 0 bridgehead atoms. The van der Waals surface area contributed by atoms with Crippen LogP contribution >= 0.6 is 0 Å². The summed E-state index contributed by atoms with van der Waals surface area (Å²) in [7, 11) is 0. The number of hydrogen-bond donors (Lipinski definition) is 3. The van der Waals surface area contributed by atoms with E-state index in [1.165, 1.54) is 0 Å². The minimum absolute atomic E-state index is 0.171. The van der Waals surface area contributed by atoms with Crippen LogP contribution in [0.15, 0.2) is 30.3 Å². The Balaban J connectivity index is 1.97. The second-order valence-electron chi connectivity index (χ2n) is 6.98. The van der Waals surface area contributed by atoms with E-state index >= 15 is 0 Å². The maximum Gasteiger partial charge on any atom is 0.247 e. The van der Waals surface area contributed by atoms with Crippen LogP contribution in [-0.2, 0) is 19.1 Å². The van der Waals surface area contributed by atoms with Crippen molar-refractivity contribution < 1.29 is 19.1 Å². The molecule has 1 aliphatic rings. The summed E-state index contributed by atoms with van der Waals surface area (Å²) in [6, 6.07) is 8.33. The molecule has 1 aliphatic heterocycles. The van der Waals surface area contributed by atoms with Crippen LogP contribution in [0.2, 0.25) is 0 Å². The number of nitrogens with one attached hydrogen (secondary N) is 2. The number of ether oxygens (including phenoxy) is 1. The van der Waals surface area contributed by atoms with E-state index in [0.717, 1.165) is 0 Å². The fraction of sp³-hybridized carbons (Fsp3) is 0.526. The van der Waals surface area contributed by atoms with Crippen LogP contribution in [0.1, 0.15) is 44.7 Å². The second kappa shape index (κ2) is 9.33. The Morgan fingerprint density at radius 1 is 1.19 bits per heavy atom. The van der Waals surface area contributed by atoms with E-state index < -0.39 is 18.1 Å². The van der Waals surface area contributed by atoms with E-state index in [2.05, 4.69) is 10.6 Å². The summed E-state index contributed by atoms with van der Waals surface area (Å²) in [5.41, 5.74) is 5.95. The molecule has 0 spiro atoms. The average molecular weight is 361 g/mol. The molecule has 1 saturated heterocycles. The van der Waals surface area contributed by atoms with Gasteiger partial charge >= 0.3 is 0 Å². The minimum Gasteiger partial charge on any atom is -0.367 e. The lowest BCUT2D eigenvalue weighted by Gasteiger charge is -2.21. The van der Waals surface area contributed by atoms with E-state index in [9.17, 15) is 14.4 Å². The maximum atomic E-state index is 12.7. The van der Waals surface area contributed by atoms with Gasteiger partial charge in [0.1, 0.15) is 12.1 Å². The lowest BCUT2D eigenvalue weighted by molar-refractivity contribution is -0.131. The van der Waals surface area contributed by atoms with Crippen LogP contribution in [-0.4, -0.2) is 36.5 Å². The summed E-state index contributed by atoms with van der Waals surface area (Å²) in [6.07, 6.45) is 0.724. The highest BCUT2D eigenvalue weighted by Gasteiger charge is 2.30. The Bertz CT molecular complexity index is 633. The number of amides is 3. The van der Waals surface area contributed by atoms with E-state index in [1.54, 1.807) is 12.1 Å². The van der Waals surface area contributed by atoms with Gasteiger partial charge in [-0.1, -0.05) is 44.2 Å². The van der Waals surface area contributed by atoms with Gasteiger partial charge in [0, 0.05) is 13.0 Å². The fourth-order valence-electron chi connectivity index (χ4n) is 2.92. The zero-order valence-corrected chi connectivity index (χ0v) is 15.2. The highest BCUT2D eigenvalue weighted by molar-refractivity contribution is 5.88. The van der Waals surface area contributed by atoms with Gasteiger partial charge in [0.2, 0.25) is 17.7 Å². The maximum absolute atomic E-state index is 12.7. The second-order valence-corrected chi connectivity index (χ2v) is 6.98. The molecule has 1 aromatic rings. The first-order valence-corrected chi connectivity index (χ1v) is 8.93. The molecule has 7 heteroatoms. The monoisotopic (exact) mass is 361 g/mol. The molecule has 26 heavy (non-hydrogen) atoms. The number of rotatable bonds is 8. The number of hydrogen-bond acceptors (Lipinski definition) is 4. The average Bonchev–Trinajstić information content (AvgIpc) is 3.07. The lowest BCUT2D eigenvalue weighted by atomic mass is 10.0. The Kier molecular flexibility index (Phi) is 7.15. The first-order chi connectivity index (χ1) is 12.4. The van der Waals surface area contributed by atoms with Crippen LogP contribution in [0.5, 0.6) is 0 Å². The van der Waals surface area contributed by atoms with Gasteiger partial charge in [-0.25, -0.2) is 0 Å². The quantitative estimate of drug-likeness (QED) is 0.642. The third-order valence-corrected chi connectivity index (χ3v) is 4.22. The molecule has 1 aromatic carbocycles. The number of benzene rings is 1. The van der Waals surface area contributed by atoms with Crippen molar-refractivity contribution in [3.8, 4) is 0 Å². The predicted octanol–water partition coefficient (Wildman–Crippen LogP) is 1.04. The van der Waals surface area contributed by atoms with Crippen molar-refractivity contribution in [2.24, 2.45) is 11.7 Å². The third kappa shape index (κ3) is 5.84. The topological polar surface area (TPSA) is 111 Å². The molecule has 1 heterocycles. The number of primary amides is 1. The van der Waals surface area contributed by atoms with Crippen molar-refractivity contribution in [1.82, 2.24) is 10.6 Å². The smallest absolute Gasteiger partial charge is 0.247 e. The van der Waals surface area contributed by atoms with Gasteiger partial charge in [-0.05, 0) is 24.3 Å². The highest BCUT2D eigenvalue weighted by Crippen LogP contribution is 2.19. The van der Waals surface area contributed by atoms with Gasteiger partial charge in [0.05, 0.1) is 6.10 Å². The first kappa shape index (κ1) is 19.9. The van der Waals surface area contributed by atoms with Gasteiger partial charge in [-0.15, -0.1) is 0 Å². The molecule has 2 rings (SSSR count). The van der Waals surface area contributed by atoms with E-state index in [4.69, 9.17) is 10.5 Å². The molecule has 1 fully saturated rings. The molecule has 3 amide bonds. The van der Waals surface area contributed by atoms with Crippen molar-refractivity contribution in [2.75, 3.05) is 6.54 Å². The largest absolute Gasteiger partial charge is 0.367 e. The fourth-order valence-corrected chi connectivity index (χ4v) is 2.92. The van der Waals surface area contributed by atoms with E-state index in [1.807, 2.05) is 32.0 Å². The van der Waals surface area contributed by atoms with Gasteiger partial charge in [0.25, 0.3) is 0 Å². The highest BCUT2D eigenvalue weighted by atomic mass is 16.5. The molecule has 3 atom stereocenters. The normalized spacial score (nSPS) is 20.6. The molecule has 0 aliphatic carbocycles.